The highest BCUT2D eigenvalue weighted by atomic mass is 17.2. The summed E-state index contributed by atoms with van der Waals surface area (Å²) in [5.41, 5.74) is 6.21. The molecule has 6 nitrogen and oxygen atoms in total. The van der Waals surface area contributed by atoms with Crippen LogP contribution in [0.2, 0.25) is 0 Å². The van der Waals surface area contributed by atoms with Gasteiger partial charge in [0.25, 0.3) is 0 Å². The van der Waals surface area contributed by atoms with E-state index < -0.39 is 0 Å². The number of aliphatic hydroxyl groups excluding tert-OH is 2. The number of ether oxygens (including phenoxy) is 1. The molecule has 6 heteroatoms. The number of phenols is 1. The lowest BCUT2D eigenvalue weighted by atomic mass is 9.55. The summed E-state index contributed by atoms with van der Waals surface area (Å²) >= 11 is 0. The zero-order valence-corrected chi connectivity index (χ0v) is 26.7. The number of aromatic hydroxyl groups is 1. The average Bonchev–Trinajstić information content (AvgIpc) is 3.51. The quantitative estimate of drug-likeness (QED) is 0.245. The molecule has 0 spiro atoms. The molecule has 0 heterocycles. The molecule has 0 amide bonds. The van der Waals surface area contributed by atoms with E-state index in [-0.39, 0.29) is 35.4 Å². The van der Waals surface area contributed by atoms with Crippen molar-refractivity contribution in [2.24, 2.45) is 34.5 Å². The summed E-state index contributed by atoms with van der Waals surface area (Å²) in [6, 6.07) is 8.51. The van der Waals surface area contributed by atoms with Gasteiger partial charge in [0.2, 0.25) is 0 Å². The van der Waals surface area contributed by atoms with Crippen LogP contribution < -0.4 is 9.62 Å². The van der Waals surface area contributed by atoms with Crippen LogP contribution in [-0.4, -0.2) is 34.6 Å². The van der Waals surface area contributed by atoms with Crippen LogP contribution in [0.4, 0.5) is 0 Å². The fourth-order valence-corrected chi connectivity index (χ4v) is 11.8. The molecule has 2 aromatic carbocycles. The molecule has 44 heavy (non-hydrogen) atoms. The van der Waals surface area contributed by atoms with Gasteiger partial charge in [-0.3, -0.25) is 0 Å². The van der Waals surface area contributed by atoms with E-state index in [4.69, 9.17) is 14.5 Å². The van der Waals surface area contributed by atoms with E-state index in [0.717, 1.165) is 76.2 Å². The lowest BCUT2D eigenvalue weighted by molar-refractivity contribution is -0.218. The summed E-state index contributed by atoms with van der Waals surface area (Å²) in [7, 11) is 1.62. The van der Waals surface area contributed by atoms with Crippen molar-refractivity contribution >= 4 is 0 Å². The average molecular weight is 603 g/mol. The number of hydrogen-bond donors (Lipinski definition) is 3. The van der Waals surface area contributed by atoms with E-state index >= 15 is 0 Å². The van der Waals surface area contributed by atoms with Gasteiger partial charge in [-0.2, -0.15) is 4.89 Å². The number of phenolic OH excluding ortho intramolecular Hbond substituents is 1. The summed E-state index contributed by atoms with van der Waals surface area (Å²) in [6.45, 7) is 4.79. The Balaban J connectivity index is 0.989. The first-order chi connectivity index (χ1) is 21.2. The fourth-order valence-electron chi connectivity index (χ4n) is 11.8. The Bertz CT molecular complexity index is 1440. The molecule has 4 fully saturated rings. The molecule has 4 saturated carbocycles. The molecule has 3 unspecified atom stereocenters. The van der Waals surface area contributed by atoms with Crippen LogP contribution in [0.1, 0.15) is 118 Å². The third-order valence-corrected chi connectivity index (χ3v) is 14.3. The molecule has 238 valence electrons. The third kappa shape index (κ3) is 4.23. The molecule has 10 atom stereocenters. The topological polar surface area (TPSA) is 88.4 Å². The maximum Gasteiger partial charge on any atom is 0.165 e. The van der Waals surface area contributed by atoms with Gasteiger partial charge < -0.3 is 24.9 Å². The number of aryl methyl sites for hydroxylation is 1. The first-order valence-electron chi connectivity index (χ1n) is 17.4. The standard InChI is InChI=1S/C38H50O6/c1-37-16-14-25-23-7-5-22(18-21(23)4-6-27(25)31(37)10-12-34(37)39)44-43-20-30-24-8-9-28-26(29(24)19-33(42-3)36(30)41)15-17-38(2)32(28)11-13-35(38)40/h5,7,18-19,25-28,31-32,34-35,39-41H,4,6,8-17,20H2,1-3H3/t25-,26?,27-,28?,31+,32?,34+,35+,37+,38+/m1/s1. The molecule has 0 saturated heterocycles. The van der Waals surface area contributed by atoms with E-state index in [9.17, 15) is 15.3 Å². The molecule has 8 rings (SSSR count). The minimum absolute atomic E-state index is 0.0335. The summed E-state index contributed by atoms with van der Waals surface area (Å²) in [6.07, 6.45) is 12.4. The number of rotatable bonds is 5. The number of hydrogen-bond acceptors (Lipinski definition) is 6. The van der Waals surface area contributed by atoms with Crippen LogP contribution >= 0.6 is 0 Å². The van der Waals surface area contributed by atoms with Crippen molar-refractivity contribution in [1.82, 2.24) is 0 Å². The van der Waals surface area contributed by atoms with Crippen LogP contribution in [-0.2, 0) is 24.3 Å². The summed E-state index contributed by atoms with van der Waals surface area (Å²) < 4.78 is 5.66. The predicted octanol–water partition coefficient (Wildman–Crippen LogP) is 7.35. The molecule has 0 bridgehead atoms. The highest BCUT2D eigenvalue weighted by Gasteiger charge is 2.56. The van der Waals surface area contributed by atoms with Crippen LogP contribution in [0.15, 0.2) is 24.3 Å². The second-order valence-electron chi connectivity index (χ2n) is 15.8. The zero-order chi connectivity index (χ0) is 30.4. The van der Waals surface area contributed by atoms with Crippen molar-refractivity contribution in [2.45, 2.75) is 122 Å². The minimum atomic E-state index is -0.185. The molecule has 0 aromatic heterocycles. The summed E-state index contributed by atoms with van der Waals surface area (Å²) in [5, 5.41) is 32.7. The van der Waals surface area contributed by atoms with Crippen molar-refractivity contribution in [2.75, 3.05) is 7.11 Å². The van der Waals surface area contributed by atoms with Crippen LogP contribution in [0.25, 0.3) is 0 Å². The first kappa shape index (κ1) is 29.1. The zero-order valence-electron chi connectivity index (χ0n) is 26.7. The van der Waals surface area contributed by atoms with E-state index in [1.54, 1.807) is 7.11 Å². The molecule has 0 radical (unpaired) electrons. The van der Waals surface area contributed by atoms with Gasteiger partial charge in [0.1, 0.15) is 6.61 Å². The van der Waals surface area contributed by atoms with Gasteiger partial charge in [-0.05, 0) is 164 Å². The molecule has 6 aliphatic carbocycles. The van der Waals surface area contributed by atoms with E-state index in [1.807, 2.05) is 6.07 Å². The molecular weight excluding hydrogens is 552 g/mol. The Morgan fingerprint density at radius 3 is 2.07 bits per heavy atom. The van der Waals surface area contributed by atoms with Gasteiger partial charge >= 0.3 is 0 Å². The minimum Gasteiger partial charge on any atom is -0.504 e. The van der Waals surface area contributed by atoms with Gasteiger partial charge in [-0.25, -0.2) is 0 Å². The van der Waals surface area contributed by atoms with Crippen molar-refractivity contribution in [3.05, 3.63) is 52.1 Å². The Morgan fingerprint density at radius 1 is 0.773 bits per heavy atom. The van der Waals surface area contributed by atoms with Gasteiger partial charge in [-0.15, -0.1) is 0 Å². The first-order valence-corrected chi connectivity index (χ1v) is 17.4. The number of fused-ring (bicyclic) bond motifs is 10. The monoisotopic (exact) mass is 602 g/mol. The van der Waals surface area contributed by atoms with Crippen molar-refractivity contribution in [3.63, 3.8) is 0 Å². The maximum atomic E-state index is 11.2. The van der Waals surface area contributed by atoms with Crippen molar-refractivity contribution in [3.8, 4) is 17.2 Å². The number of methoxy groups -OCH3 is 1. The van der Waals surface area contributed by atoms with Crippen LogP contribution in [0, 0.1) is 34.5 Å². The van der Waals surface area contributed by atoms with Crippen molar-refractivity contribution < 1.29 is 29.8 Å². The highest BCUT2D eigenvalue weighted by molar-refractivity contribution is 5.56. The van der Waals surface area contributed by atoms with Gasteiger partial charge in [0.15, 0.2) is 17.2 Å². The molecular formula is C38H50O6. The maximum absolute atomic E-state index is 11.2. The Morgan fingerprint density at radius 2 is 1.41 bits per heavy atom. The van der Waals surface area contributed by atoms with Gasteiger partial charge in [0, 0.05) is 5.56 Å². The SMILES string of the molecule is COc1cc2c(c(COOc3ccc4c(c3)CC[C@@H]3[C@@H]4CC[C@]4(C)[C@@H](O)CC[C@@H]34)c1O)CCC1C2CC[C@@]2(C)C1CC[C@@H]2O. The summed E-state index contributed by atoms with van der Waals surface area (Å²) in [5.74, 6) is 4.77. The van der Waals surface area contributed by atoms with Crippen LogP contribution in [0.5, 0.6) is 17.2 Å². The fraction of sp³-hybridized carbons (Fsp3) is 0.684. The van der Waals surface area contributed by atoms with E-state index in [1.165, 1.54) is 28.7 Å². The lowest BCUT2D eigenvalue weighted by Crippen LogP contribution is -2.44. The van der Waals surface area contributed by atoms with Gasteiger partial charge in [-0.1, -0.05) is 19.9 Å². The summed E-state index contributed by atoms with van der Waals surface area (Å²) in [4.78, 5) is 11.8. The Hall–Kier alpha value is -2.28. The Labute approximate surface area is 262 Å². The van der Waals surface area contributed by atoms with E-state index in [2.05, 4.69) is 32.0 Å². The number of benzene rings is 2. The second-order valence-corrected chi connectivity index (χ2v) is 15.8. The largest absolute Gasteiger partial charge is 0.504 e. The third-order valence-electron chi connectivity index (χ3n) is 14.3. The van der Waals surface area contributed by atoms with Crippen molar-refractivity contribution in [1.29, 1.82) is 0 Å². The second kappa shape index (κ2) is 10.6. The molecule has 2 aromatic rings. The lowest BCUT2D eigenvalue weighted by Gasteiger charge is -2.50. The smallest absolute Gasteiger partial charge is 0.165 e. The van der Waals surface area contributed by atoms with Crippen LogP contribution in [0.3, 0.4) is 0 Å². The normalized spacial score (nSPS) is 40.2. The molecule has 6 aliphatic rings. The molecule has 3 N–H and O–H groups in total. The highest BCUT2D eigenvalue weighted by Crippen LogP contribution is 2.63. The predicted molar refractivity (Wildman–Crippen MR) is 168 cm³/mol. The number of aliphatic hydroxyl groups is 2. The molecule has 0 aliphatic heterocycles. The van der Waals surface area contributed by atoms with E-state index in [0.29, 0.717) is 47.0 Å². The Kier molecular flexibility index (Phi) is 7.04. The van der Waals surface area contributed by atoms with Gasteiger partial charge in [0.05, 0.1) is 19.3 Å².